The third-order valence-electron chi connectivity index (χ3n) is 6.31. The van der Waals surface area contributed by atoms with Crippen molar-refractivity contribution >= 4 is 29.7 Å². The Morgan fingerprint density at radius 3 is 2.36 bits per heavy atom. The van der Waals surface area contributed by atoms with Crippen LogP contribution in [0.5, 0.6) is 17.2 Å². The van der Waals surface area contributed by atoms with Gasteiger partial charge in [-0.3, -0.25) is 14.9 Å². The summed E-state index contributed by atoms with van der Waals surface area (Å²) >= 11 is 0. The van der Waals surface area contributed by atoms with Gasteiger partial charge in [-0.2, -0.15) is 4.98 Å². The van der Waals surface area contributed by atoms with E-state index < -0.39 is 0 Å². The van der Waals surface area contributed by atoms with Crippen molar-refractivity contribution in [3.8, 4) is 17.2 Å². The average Bonchev–Trinajstić information content (AvgIpc) is 3.70. The van der Waals surface area contributed by atoms with Crippen LogP contribution in [0.3, 0.4) is 0 Å². The van der Waals surface area contributed by atoms with Crippen LogP contribution in [0.4, 0.5) is 11.8 Å². The summed E-state index contributed by atoms with van der Waals surface area (Å²) in [6.45, 7) is 7.19. The van der Waals surface area contributed by atoms with E-state index in [1.807, 2.05) is 6.07 Å². The Kier molecular flexibility index (Phi) is 7.47. The minimum absolute atomic E-state index is 0.0134. The largest absolute Gasteiger partial charge is 0.493 e. The molecular formula is C27H34N4O5. The summed E-state index contributed by atoms with van der Waals surface area (Å²) in [4.78, 5) is 33.5. The predicted molar refractivity (Wildman–Crippen MR) is 137 cm³/mol. The molecule has 36 heavy (non-hydrogen) atoms. The lowest BCUT2D eigenvalue weighted by molar-refractivity contribution is -0.119. The third kappa shape index (κ3) is 5.45. The van der Waals surface area contributed by atoms with E-state index in [0.717, 1.165) is 24.0 Å². The van der Waals surface area contributed by atoms with Gasteiger partial charge in [-0.05, 0) is 36.5 Å². The number of nitrogens with one attached hydrogen (secondary N) is 2. The zero-order valence-electron chi connectivity index (χ0n) is 21.7. The van der Waals surface area contributed by atoms with E-state index >= 15 is 0 Å². The fourth-order valence-corrected chi connectivity index (χ4v) is 3.94. The minimum atomic E-state index is -0.244. The Morgan fingerprint density at radius 2 is 1.75 bits per heavy atom. The first-order valence-corrected chi connectivity index (χ1v) is 12.3. The van der Waals surface area contributed by atoms with Gasteiger partial charge in [-0.25, -0.2) is 4.98 Å². The molecule has 1 unspecified atom stereocenters. The van der Waals surface area contributed by atoms with Crippen molar-refractivity contribution in [3.05, 3.63) is 35.0 Å². The number of nitrogens with zero attached hydrogens (tertiary/aromatic N) is 2. The van der Waals surface area contributed by atoms with Gasteiger partial charge in [0.15, 0.2) is 11.5 Å². The maximum Gasteiger partial charge on any atom is 0.231 e. The molecule has 9 nitrogen and oxygen atoms in total. The molecule has 192 valence electrons. The van der Waals surface area contributed by atoms with E-state index in [1.54, 1.807) is 48.1 Å². The fourth-order valence-electron chi connectivity index (χ4n) is 3.94. The molecule has 1 aromatic heterocycles. The Bertz CT molecular complexity index is 1190. The molecule has 0 saturated heterocycles. The highest BCUT2D eigenvalue weighted by Crippen LogP contribution is 2.48. The van der Waals surface area contributed by atoms with Crippen LogP contribution < -0.4 is 24.8 Å². The lowest BCUT2D eigenvalue weighted by Crippen LogP contribution is -2.23. The van der Waals surface area contributed by atoms with Crippen molar-refractivity contribution in [3.63, 3.8) is 0 Å². The van der Waals surface area contributed by atoms with E-state index in [9.17, 15) is 9.59 Å². The predicted octanol–water partition coefficient (Wildman–Crippen LogP) is 4.46. The Morgan fingerprint density at radius 1 is 1.06 bits per heavy atom. The van der Waals surface area contributed by atoms with Crippen LogP contribution in [0.15, 0.2) is 18.3 Å². The molecule has 1 aromatic carbocycles. The quantitative estimate of drug-likeness (QED) is 0.529. The second-order valence-corrected chi connectivity index (χ2v) is 9.83. The lowest BCUT2D eigenvalue weighted by atomic mass is 9.96. The number of rotatable bonds is 9. The molecule has 2 aliphatic rings. The van der Waals surface area contributed by atoms with E-state index in [0.29, 0.717) is 41.0 Å². The number of amides is 2. The van der Waals surface area contributed by atoms with E-state index in [2.05, 4.69) is 32.8 Å². The molecule has 2 heterocycles. The Balaban J connectivity index is 1.73. The summed E-state index contributed by atoms with van der Waals surface area (Å²) in [6, 6.07) is 1.91. The highest BCUT2D eigenvalue weighted by atomic mass is 16.5. The SMILES string of the molecule is COc1cc(Cc2cnc(NC(=O)C(C)C)nc2NC(=O)C(C)C)c2c(c1OC)OC(C1CC1)C=C2. The maximum absolute atomic E-state index is 12.6. The monoisotopic (exact) mass is 494 g/mol. The number of fused-ring (bicyclic) bond motifs is 1. The van der Waals surface area contributed by atoms with Gasteiger partial charge in [0.05, 0.1) is 14.2 Å². The molecule has 1 aliphatic carbocycles. The molecule has 0 bridgehead atoms. The van der Waals surface area contributed by atoms with Gasteiger partial charge in [-0.15, -0.1) is 0 Å². The smallest absolute Gasteiger partial charge is 0.231 e. The van der Waals surface area contributed by atoms with Crippen LogP contribution >= 0.6 is 0 Å². The number of benzene rings is 1. The van der Waals surface area contributed by atoms with Crippen molar-refractivity contribution in [1.29, 1.82) is 0 Å². The van der Waals surface area contributed by atoms with Crippen LogP contribution in [0.1, 0.15) is 57.2 Å². The number of ether oxygens (including phenoxy) is 3. The van der Waals surface area contributed by atoms with Crippen LogP contribution in [0.2, 0.25) is 0 Å². The molecule has 2 aromatic rings. The van der Waals surface area contributed by atoms with E-state index in [4.69, 9.17) is 14.2 Å². The summed E-state index contributed by atoms with van der Waals surface area (Å²) in [5, 5.41) is 5.59. The highest BCUT2D eigenvalue weighted by molar-refractivity contribution is 5.93. The first-order valence-electron chi connectivity index (χ1n) is 12.3. The maximum atomic E-state index is 12.6. The molecule has 1 fully saturated rings. The fraction of sp³-hybridized carbons (Fsp3) is 0.481. The summed E-state index contributed by atoms with van der Waals surface area (Å²) in [5.41, 5.74) is 2.50. The van der Waals surface area contributed by atoms with Crippen LogP contribution in [0.25, 0.3) is 6.08 Å². The standard InChI is InChI=1S/C27H34N4O5/c1-14(2)25(32)29-24-18(13-28-27(30-24)31-26(33)15(3)4)11-17-12-21(34-5)23(35-6)22-19(17)9-10-20(36-22)16-7-8-16/h9-10,12-16,20H,7-8,11H2,1-6H3,(H2,28,29,30,31,32,33). The molecule has 2 amide bonds. The normalized spacial score (nSPS) is 16.4. The molecule has 2 N–H and O–H groups in total. The molecule has 1 aliphatic heterocycles. The van der Waals surface area contributed by atoms with Crippen molar-refractivity contribution < 1.29 is 23.8 Å². The van der Waals surface area contributed by atoms with E-state index in [-0.39, 0.29) is 35.7 Å². The van der Waals surface area contributed by atoms with Crippen molar-refractivity contribution in [2.24, 2.45) is 17.8 Å². The van der Waals surface area contributed by atoms with Gasteiger partial charge in [0, 0.05) is 35.6 Å². The average molecular weight is 495 g/mol. The number of hydrogen-bond acceptors (Lipinski definition) is 7. The number of anilines is 2. The second-order valence-electron chi connectivity index (χ2n) is 9.83. The first-order chi connectivity index (χ1) is 17.2. The number of hydrogen-bond donors (Lipinski definition) is 2. The van der Waals surface area contributed by atoms with Crippen molar-refractivity contribution in [2.45, 2.75) is 53.1 Å². The third-order valence-corrected chi connectivity index (χ3v) is 6.31. The summed E-state index contributed by atoms with van der Waals surface area (Å²) in [7, 11) is 3.19. The van der Waals surface area contributed by atoms with Gasteiger partial charge in [0.25, 0.3) is 0 Å². The molecule has 0 radical (unpaired) electrons. The number of carbonyl (C=O) groups is 2. The van der Waals surface area contributed by atoms with Gasteiger partial charge < -0.3 is 19.5 Å². The highest BCUT2D eigenvalue weighted by Gasteiger charge is 2.35. The van der Waals surface area contributed by atoms with Crippen LogP contribution in [0, 0.1) is 17.8 Å². The molecule has 1 atom stereocenters. The van der Waals surface area contributed by atoms with E-state index in [1.165, 1.54) is 0 Å². The molecule has 1 saturated carbocycles. The lowest BCUT2D eigenvalue weighted by Gasteiger charge is -2.26. The number of methoxy groups -OCH3 is 2. The Labute approximate surface area is 211 Å². The Hall–Kier alpha value is -3.62. The van der Waals surface area contributed by atoms with Crippen LogP contribution in [-0.4, -0.2) is 42.1 Å². The molecule has 0 spiro atoms. The van der Waals surface area contributed by atoms with Gasteiger partial charge in [0.1, 0.15) is 11.9 Å². The van der Waals surface area contributed by atoms with Gasteiger partial charge in [-0.1, -0.05) is 33.8 Å². The second kappa shape index (κ2) is 10.6. The summed E-state index contributed by atoms with van der Waals surface area (Å²) in [5.74, 6) is 1.93. The van der Waals surface area contributed by atoms with Crippen LogP contribution in [-0.2, 0) is 16.0 Å². The zero-order valence-corrected chi connectivity index (χ0v) is 21.7. The first kappa shape index (κ1) is 25.5. The molecule has 4 rings (SSSR count). The zero-order chi connectivity index (χ0) is 26.0. The van der Waals surface area contributed by atoms with Crippen molar-refractivity contribution in [2.75, 3.05) is 24.9 Å². The summed E-state index contributed by atoms with van der Waals surface area (Å²) in [6.07, 6.45) is 8.51. The summed E-state index contributed by atoms with van der Waals surface area (Å²) < 4.78 is 17.7. The number of carbonyl (C=O) groups excluding carboxylic acids is 2. The minimum Gasteiger partial charge on any atom is -0.493 e. The topological polar surface area (TPSA) is 112 Å². The molecule has 9 heteroatoms. The van der Waals surface area contributed by atoms with Crippen molar-refractivity contribution in [1.82, 2.24) is 9.97 Å². The number of aromatic nitrogens is 2. The molecular weight excluding hydrogens is 460 g/mol. The van der Waals surface area contributed by atoms with Gasteiger partial charge in [0.2, 0.25) is 23.5 Å². The van der Waals surface area contributed by atoms with Gasteiger partial charge >= 0.3 is 0 Å².